The van der Waals surface area contributed by atoms with Gasteiger partial charge in [-0.15, -0.1) is 0 Å². The van der Waals surface area contributed by atoms with Crippen LogP contribution in [0.25, 0.3) is 0 Å². The maximum absolute atomic E-state index is 12.2. The fraction of sp³-hybridized carbons (Fsp3) is 0.462. The highest BCUT2D eigenvalue weighted by Gasteiger charge is 2.36. The third-order valence-electron chi connectivity index (χ3n) is 3.29. The molecule has 1 aromatic rings. The quantitative estimate of drug-likeness (QED) is 0.733. The number of nitrogen functional groups attached to an aromatic ring is 1. The van der Waals surface area contributed by atoms with E-state index in [1.807, 2.05) is 24.0 Å². The highest BCUT2D eigenvalue weighted by atomic mass is 16.2. The van der Waals surface area contributed by atoms with Crippen LogP contribution in [0.15, 0.2) is 18.2 Å². The van der Waals surface area contributed by atoms with Crippen molar-refractivity contribution in [2.75, 3.05) is 18.8 Å². The van der Waals surface area contributed by atoms with Crippen molar-refractivity contribution in [3.63, 3.8) is 0 Å². The monoisotopic (exact) mass is 218 g/mol. The van der Waals surface area contributed by atoms with Crippen molar-refractivity contribution in [3.05, 3.63) is 29.3 Å². The molecule has 3 heteroatoms. The van der Waals surface area contributed by atoms with Crippen LogP contribution in [0.5, 0.6) is 0 Å². The second-order valence-electron chi connectivity index (χ2n) is 4.97. The summed E-state index contributed by atoms with van der Waals surface area (Å²) in [5, 5.41) is 0. The first-order chi connectivity index (χ1) is 7.47. The summed E-state index contributed by atoms with van der Waals surface area (Å²) in [4.78, 5) is 14.1. The predicted octanol–water partition coefficient (Wildman–Crippen LogP) is 2.02. The van der Waals surface area contributed by atoms with Crippen molar-refractivity contribution in [2.45, 2.75) is 26.2 Å². The van der Waals surface area contributed by atoms with Gasteiger partial charge in [0, 0.05) is 24.2 Å². The van der Waals surface area contributed by atoms with E-state index in [0.29, 0.717) is 11.3 Å². The van der Waals surface area contributed by atoms with Gasteiger partial charge >= 0.3 is 0 Å². The third-order valence-corrected chi connectivity index (χ3v) is 3.29. The average Bonchev–Trinajstić information content (AvgIpc) is 2.23. The Morgan fingerprint density at radius 1 is 1.44 bits per heavy atom. The molecule has 0 unspecified atom stereocenters. The summed E-state index contributed by atoms with van der Waals surface area (Å²) >= 11 is 0. The molecular formula is C13H18N2O. The first-order valence-electron chi connectivity index (χ1n) is 5.65. The Bertz CT molecular complexity index is 438. The number of carbonyl (C=O) groups is 1. The van der Waals surface area contributed by atoms with Crippen LogP contribution in [-0.2, 0) is 5.41 Å². The molecule has 1 aliphatic heterocycles. The van der Waals surface area contributed by atoms with Gasteiger partial charge in [-0.05, 0) is 18.6 Å². The lowest BCUT2D eigenvalue weighted by molar-refractivity contribution is 0.0701. The zero-order valence-corrected chi connectivity index (χ0v) is 10.1. The van der Waals surface area contributed by atoms with E-state index in [2.05, 4.69) is 13.8 Å². The van der Waals surface area contributed by atoms with Gasteiger partial charge < -0.3 is 10.6 Å². The summed E-state index contributed by atoms with van der Waals surface area (Å²) in [5.41, 5.74) is 8.26. The standard InChI is InChI=1S/C13H18N2O/c1-4-15-8-13(2,3)9-6-5-7-10(14)11(9)12(15)16/h5-7H,4,8,14H2,1-3H3. The second-order valence-corrected chi connectivity index (χ2v) is 4.97. The fourth-order valence-corrected chi connectivity index (χ4v) is 2.42. The van der Waals surface area contributed by atoms with Crippen molar-refractivity contribution in [1.82, 2.24) is 4.90 Å². The Labute approximate surface area is 96.2 Å². The number of hydrogen-bond acceptors (Lipinski definition) is 2. The molecule has 0 saturated heterocycles. The van der Waals surface area contributed by atoms with Crippen molar-refractivity contribution >= 4 is 11.6 Å². The minimum Gasteiger partial charge on any atom is -0.398 e. The summed E-state index contributed by atoms with van der Waals surface area (Å²) in [6.07, 6.45) is 0. The normalized spacial score (nSPS) is 18.4. The predicted molar refractivity (Wildman–Crippen MR) is 65.5 cm³/mol. The lowest BCUT2D eigenvalue weighted by Crippen LogP contribution is -2.46. The van der Waals surface area contributed by atoms with E-state index >= 15 is 0 Å². The summed E-state index contributed by atoms with van der Waals surface area (Å²) in [6.45, 7) is 7.80. The number of benzene rings is 1. The molecule has 3 nitrogen and oxygen atoms in total. The summed E-state index contributed by atoms with van der Waals surface area (Å²) < 4.78 is 0. The Balaban J connectivity index is 2.63. The van der Waals surface area contributed by atoms with Gasteiger partial charge in [0.15, 0.2) is 0 Å². The molecular weight excluding hydrogens is 200 g/mol. The average molecular weight is 218 g/mol. The van der Waals surface area contributed by atoms with Gasteiger partial charge in [-0.1, -0.05) is 26.0 Å². The van der Waals surface area contributed by atoms with Crippen molar-refractivity contribution in [2.24, 2.45) is 0 Å². The largest absolute Gasteiger partial charge is 0.398 e. The van der Waals surface area contributed by atoms with Crippen LogP contribution in [0.2, 0.25) is 0 Å². The van der Waals surface area contributed by atoms with Crippen molar-refractivity contribution in [1.29, 1.82) is 0 Å². The second kappa shape index (κ2) is 3.51. The van der Waals surface area contributed by atoms with Gasteiger partial charge in [-0.25, -0.2) is 0 Å². The van der Waals surface area contributed by atoms with Gasteiger partial charge in [0.05, 0.1) is 5.56 Å². The molecule has 1 amide bonds. The Hall–Kier alpha value is -1.51. The SMILES string of the molecule is CCN1CC(C)(C)c2cccc(N)c2C1=O. The van der Waals surface area contributed by atoms with E-state index in [0.717, 1.165) is 18.7 Å². The zero-order valence-electron chi connectivity index (χ0n) is 10.1. The topological polar surface area (TPSA) is 46.3 Å². The third kappa shape index (κ3) is 1.47. The van der Waals surface area contributed by atoms with Crippen LogP contribution in [0.1, 0.15) is 36.7 Å². The molecule has 0 aliphatic carbocycles. The number of fused-ring (bicyclic) bond motifs is 1. The van der Waals surface area contributed by atoms with Crippen LogP contribution in [0.3, 0.4) is 0 Å². The van der Waals surface area contributed by atoms with E-state index in [1.165, 1.54) is 0 Å². The number of likely N-dealkylation sites (N-methyl/N-ethyl adjacent to an activating group) is 1. The molecule has 0 saturated carbocycles. The van der Waals surface area contributed by atoms with Crippen LogP contribution < -0.4 is 5.73 Å². The highest BCUT2D eigenvalue weighted by Crippen LogP contribution is 2.35. The number of nitrogens with zero attached hydrogens (tertiary/aromatic N) is 1. The molecule has 0 atom stereocenters. The Kier molecular flexibility index (Phi) is 2.41. The Morgan fingerprint density at radius 2 is 2.12 bits per heavy atom. The van der Waals surface area contributed by atoms with Crippen molar-refractivity contribution < 1.29 is 4.79 Å². The minimum atomic E-state index is -0.0192. The lowest BCUT2D eigenvalue weighted by atomic mass is 9.77. The van der Waals surface area contributed by atoms with E-state index in [1.54, 1.807) is 6.07 Å². The summed E-state index contributed by atoms with van der Waals surface area (Å²) in [5.74, 6) is 0.0647. The molecule has 0 fully saturated rings. The summed E-state index contributed by atoms with van der Waals surface area (Å²) in [7, 11) is 0. The van der Waals surface area contributed by atoms with E-state index < -0.39 is 0 Å². The van der Waals surface area contributed by atoms with Gasteiger partial charge in [0.25, 0.3) is 5.91 Å². The Morgan fingerprint density at radius 3 is 2.75 bits per heavy atom. The molecule has 2 rings (SSSR count). The maximum atomic E-state index is 12.2. The highest BCUT2D eigenvalue weighted by molar-refractivity contribution is 6.02. The fourth-order valence-electron chi connectivity index (χ4n) is 2.42. The smallest absolute Gasteiger partial charge is 0.256 e. The van der Waals surface area contributed by atoms with Gasteiger partial charge in [-0.2, -0.15) is 0 Å². The van der Waals surface area contributed by atoms with Crippen molar-refractivity contribution in [3.8, 4) is 0 Å². The van der Waals surface area contributed by atoms with Crippen LogP contribution >= 0.6 is 0 Å². The van der Waals surface area contributed by atoms with Crippen LogP contribution in [0.4, 0.5) is 5.69 Å². The van der Waals surface area contributed by atoms with E-state index in [9.17, 15) is 4.79 Å². The maximum Gasteiger partial charge on any atom is 0.256 e. The zero-order chi connectivity index (χ0) is 11.9. The lowest BCUT2D eigenvalue weighted by Gasteiger charge is -2.39. The number of nitrogens with two attached hydrogens (primary N) is 1. The molecule has 1 heterocycles. The number of rotatable bonds is 1. The molecule has 1 aliphatic rings. The first kappa shape index (κ1) is 11.0. The van der Waals surface area contributed by atoms with E-state index in [-0.39, 0.29) is 11.3 Å². The molecule has 0 spiro atoms. The van der Waals surface area contributed by atoms with E-state index in [4.69, 9.17) is 5.73 Å². The van der Waals surface area contributed by atoms with Gasteiger partial charge in [0.1, 0.15) is 0 Å². The molecule has 1 aromatic carbocycles. The minimum absolute atomic E-state index is 0.0192. The van der Waals surface area contributed by atoms with Crippen LogP contribution in [-0.4, -0.2) is 23.9 Å². The summed E-state index contributed by atoms with van der Waals surface area (Å²) in [6, 6.07) is 5.73. The first-order valence-corrected chi connectivity index (χ1v) is 5.65. The number of carbonyl (C=O) groups excluding carboxylic acids is 1. The molecule has 0 aromatic heterocycles. The molecule has 86 valence electrons. The van der Waals surface area contributed by atoms with Gasteiger partial charge in [0.2, 0.25) is 0 Å². The molecule has 2 N–H and O–H groups in total. The molecule has 0 bridgehead atoms. The number of hydrogen-bond donors (Lipinski definition) is 1. The van der Waals surface area contributed by atoms with Gasteiger partial charge in [-0.3, -0.25) is 4.79 Å². The molecule has 16 heavy (non-hydrogen) atoms. The number of anilines is 1. The molecule has 0 radical (unpaired) electrons. The number of amides is 1. The van der Waals surface area contributed by atoms with Crippen LogP contribution in [0, 0.1) is 0 Å².